The lowest BCUT2D eigenvalue weighted by atomic mass is 9.99. The largest absolute Gasteiger partial charge is 0.390 e. The quantitative estimate of drug-likeness (QED) is 0.467. The minimum absolute atomic E-state index is 0.0718. The molecule has 1 rings (SSSR count). The van der Waals surface area contributed by atoms with Crippen molar-refractivity contribution in [1.82, 2.24) is 0 Å². The number of nitrogens with zero attached hydrogens (tertiary/aromatic N) is 4. The Morgan fingerprint density at radius 1 is 1.53 bits per heavy atom. The molecule has 0 bridgehead atoms. The standard InChI is InChI=1S/C10H9FN4O2/c11-7-1-2-8(6(3-7)4-12)10(17)9(16)5-14-15-13/h1-3,9-10,16-17H,5H2. The van der Waals surface area contributed by atoms with Crippen LogP contribution in [0.2, 0.25) is 0 Å². The molecule has 0 saturated heterocycles. The monoisotopic (exact) mass is 236 g/mol. The van der Waals surface area contributed by atoms with Gasteiger partial charge in [-0.1, -0.05) is 11.2 Å². The minimum Gasteiger partial charge on any atom is -0.390 e. The fraction of sp³-hybridized carbons (Fsp3) is 0.300. The predicted octanol–water partition coefficient (Wildman–Crippen LogP) is 1.40. The normalized spacial score (nSPS) is 13.3. The Bertz CT molecular complexity index is 494. The van der Waals surface area contributed by atoms with Crippen molar-refractivity contribution in [2.24, 2.45) is 5.11 Å². The second-order valence-electron chi connectivity index (χ2n) is 3.27. The SMILES string of the molecule is N#Cc1cc(F)ccc1C(O)C(O)CN=[N+]=[N-]. The van der Waals surface area contributed by atoms with Crippen molar-refractivity contribution < 1.29 is 14.6 Å². The minimum atomic E-state index is -1.41. The topological polar surface area (TPSA) is 113 Å². The second kappa shape index (κ2) is 5.82. The van der Waals surface area contributed by atoms with Crippen molar-refractivity contribution in [2.75, 3.05) is 6.54 Å². The number of rotatable bonds is 4. The van der Waals surface area contributed by atoms with E-state index in [1.165, 1.54) is 6.07 Å². The highest BCUT2D eigenvalue weighted by atomic mass is 19.1. The summed E-state index contributed by atoms with van der Waals surface area (Å²) < 4.78 is 12.8. The maximum Gasteiger partial charge on any atom is 0.124 e. The number of azide groups is 1. The van der Waals surface area contributed by atoms with Gasteiger partial charge in [0.2, 0.25) is 0 Å². The van der Waals surface area contributed by atoms with E-state index in [9.17, 15) is 14.6 Å². The zero-order valence-corrected chi connectivity index (χ0v) is 8.66. The Kier molecular flexibility index (Phi) is 4.43. The van der Waals surface area contributed by atoms with Crippen molar-refractivity contribution in [3.8, 4) is 6.07 Å². The van der Waals surface area contributed by atoms with Gasteiger partial charge in [0.15, 0.2) is 0 Å². The highest BCUT2D eigenvalue weighted by molar-refractivity contribution is 5.39. The van der Waals surface area contributed by atoms with E-state index in [1.807, 2.05) is 0 Å². The van der Waals surface area contributed by atoms with Crippen LogP contribution in [0.5, 0.6) is 0 Å². The van der Waals surface area contributed by atoms with Gasteiger partial charge in [-0.3, -0.25) is 0 Å². The van der Waals surface area contributed by atoms with E-state index in [0.29, 0.717) is 0 Å². The summed E-state index contributed by atoms with van der Waals surface area (Å²) in [6.45, 7) is -0.333. The van der Waals surface area contributed by atoms with Gasteiger partial charge in [0, 0.05) is 10.5 Å². The molecule has 7 heteroatoms. The molecule has 0 aliphatic rings. The van der Waals surface area contributed by atoms with Crippen molar-refractivity contribution in [3.05, 3.63) is 45.6 Å². The van der Waals surface area contributed by atoms with Crippen molar-refractivity contribution >= 4 is 0 Å². The van der Waals surface area contributed by atoms with Crippen LogP contribution >= 0.6 is 0 Å². The van der Waals surface area contributed by atoms with Crippen molar-refractivity contribution in [2.45, 2.75) is 12.2 Å². The first kappa shape index (κ1) is 12.9. The summed E-state index contributed by atoms with van der Waals surface area (Å²) in [6.07, 6.45) is -2.75. The molecule has 1 aromatic carbocycles. The van der Waals surface area contributed by atoms with Crippen LogP contribution in [-0.4, -0.2) is 22.9 Å². The van der Waals surface area contributed by atoms with E-state index in [2.05, 4.69) is 10.0 Å². The smallest absolute Gasteiger partial charge is 0.124 e. The molecule has 0 saturated carbocycles. The summed E-state index contributed by atoms with van der Waals surface area (Å²) in [6, 6.07) is 4.95. The molecule has 0 radical (unpaired) electrons. The molecule has 0 aromatic heterocycles. The van der Waals surface area contributed by atoms with E-state index in [4.69, 9.17) is 10.8 Å². The van der Waals surface area contributed by atoms with Gasteiger partial charge in [0.1, 0.15) is 11.9 Å². The van der Waals surface area contributed by atoms with Crippen LogP contribution in [-0.2, 0) is 0 Å². The van der Waals surface area contributed by atoms with E-state index in [0.717, 1.165) is 12.1 Å². The van der Waals surface area contributed by atoms with Crippen molar-refractivity contribution in [3.63, 3.8) is 0 Å². The zero-order valence-electron chi connectivity index (χ0n) is 8.66. The van der Waals surface area contributed by atoms with Crippen LogP contribution in [0, 0.1) is 17.1 Å². The van der Waals surface area contributed by atoms with Crippen LogP contribution in [0.1, 0.15) is 17.2 Å². The molecule has 0 spiro atoms. The molecular formula is C10H9FN4O2. The third-order valence-corrected chi connectivity index (χ3v) is 2.15. The number of aliphatic hydroxyl groups excluding tert-OH is 2. The lowest BCUT2D eigenvalue weighted by Gasteiger charge is -2.17. The average Bonchev–Trinajstić information content (AvgIpc) is 2.34. The summed E-state index contributed by atoms with van der Waals surface area (Å²) in [5, 5.41) is 31.0. The molecule has 6 nitrogen and oxygen atoms in total. The molecule has 2 unspecified atom stereocenters. The molecule has 0 fully saturated rings. The van der Waals surface area contributed by atoms with E-state index in [1.54, 1.807) is 6.07 Å². The third-order valence-electron chi connectivity index (χ3n) is 2.15. The Balaban J connectivity index is 2.99. The molecule has 2 atom stereocenters. The first-order valence-corrected chi connectivity index (χ1v) is 4.66. The molecule has 88 valence electrons. The van der Waals surface area contributed by atoms with Gasteiger partial charge in [-0.25, -0.2) is 4.39 Å². The maximum atomic E-state index is 12.8. The summed E-state index contributed by atoms with van der Waals surface area (Å²) in [4.78, 5) is 2.44. The van der Waals surface area contributed by atoms with Gasteiger partial charge in [-0.2, -0.15) is 5.26 Å². The Hall–Kier alpha value is -2.13. The number of benzene rings is 1. The summed E-state index contributed by atoms with van der Waals surface area (Å²) >= 11 is 0. The van der Waals surface area contributed by atoms with Crippen LogP contribution in [0.3, 0.4) is 0 Å². The number of nitriles is 1. The molecule has 0 aliphatic carbocycles. The zero-order chi connectivity index (χ0) is 12.8. The molecule has 2 N–H and O–H groups in total. The average molecular weight is 236 g/mol. The van der Waals surface area contributed by atoms with Gasteiger partial charge >= 0.3 is 0 Å². The molecule has 17 heavy (non-hydrogen) atoms. The van der Waals surface area contributed by atoms with Crippen LogP contribution in [0.15, 0.2) is 23.3 Å². The first-order chi connectivity index (χ1) is 8.10. The van der Waals surface area contributed by atoms with Gasteiger partial charge in [0.25, 0.3) is 0 Å². The second-order valence-corrected chi connectivity index (χ2v) is 3.27. The number of aliphatic hydroxyl groups is 2. The van der Waals surface area contributed by atoms with Gasteiger partial charge in [0.05, 0.1) is 24.3 Å². The van der Waals surface area contributed by atoms with Crippen LogP contribution in [0.25, 0.3) is 10.4 Å². The first-order valence-electron chi connectivity index (χ1n) is 4.66. The van der Waals surface area contributed by atoms with E-state index in [-0.39, 0.29) is 17.7 Å². The summed E-state index contributed by atoms with van der Waals surface area (Å²) in [5.41, 5.74) is 8.09. The van der Waals surface area contributed by atoms with Gasteiger partial charge in [-0.05, 0) is 17.7 Å². The molecule has 0 amide bonds. The van der Waals surface area contributed by atoms with Crippen molar-refractivity contribution in [1.29, 1.82) is 5.26 Å². The molecule has 1 aromatic rings. The lowest BCUT2D eigenvalue weighted by Crippen LogP contribution is -2.22. The summed E-state index contributed by atoms with van der Waals surface area (Å²) in [5.74, 6) is -0.609. The van der Waals surface area contributed by atoms with Gasteiger partial charge < -0.3 is 10.2 Å². The third kappa shape index (κ3) is 3.16. The fourth-order valence-electron chi connectivity index (χ4n) is 1.31. The number of hydrogen-bond donors (Lipinski definition) is 2. The number of hydrogen-bond acceptors (Lipinski definition) is 4. The number of halogens is 1. The van der Waals surface area contributed by atoms with E-state index < -0.39 is 18.0 Å². The highest BCUT2D eigenvalue weighted by Crippen LogP contribution is 2.22. The molecule has 0 aliphatic heterocycles. The van der Waals surface area contributed by atoms with Crippen LogP contribution < -0.4 is 0 Å². The Morgan fingerprint density at radius 3 is 2.82 bits per heavy atom. The predicted molar refractivity (Wildman–Crippen MR) is 56.1 cm³/mol. The Morgan fingerprint density at radius 2 is 2.24 bits per heavy atom. The van der Waals surface area contributed by atoms with E-state index >= 15 is 0 Å². The highest BCUT2D eigenvalue weighted by Gasteiger charge is 2.20. The summed E-state index contributed by atoms with van der Waals surface area (Å²) in [7, 11) is 0. The van der Waals surface area contributed by atoms with Gasteiger partial charge in [-0.15, -0.1) is 0 Å². The molecule has 0 heterocycles. The fourth-order valence-corrected chi connectivity index (χ4v) is 1.31. The maximum absolute atomic E-state index is 12.8. The Labute approximate surface area is 96.2 Å². The van der Waals surface area contributed by atoms with Crippen LogP contribution in [0.4, 0.5) is 4.39 Å². The molecular weight excluding hydrogens is 227 g/mol. The lowest BCUT2D eigenvalue weighted by molar-refractivity contribution is 0.0242.